The fraction of sp³-hybridized carbons (Fsp3) is 0.333. The Morgan fingerprint density at radius 1 is 0.870 bits per heavy atom. The molecular formula is C21H26O2. The first-order chi connectivity index (χ1) is 10.7. The molecule has 0 aliphatic carbocycles. The predicted molar refractivity (Wildman–Crippen MR) is 96.4 cm³/mol. The number of rotatable bonds is 4. The minimum absolute atomic E-state index is 0.107. The predicted octanol–water partition coefficient (Wildman–Crippen LogP) is 5.43. The monoisotopic (exact) mass is 310 g/mol. The number of allylic oxidation sites excluding steroid dienone is 1. The summed E-state index contributed by atoms with van der Waals surface area (Å²) in [6, 6.07) is 7.95. The second-order valence-electron chi connectivity index (χ2n) is 6.75. The summed E-state index contributed by atoms with van der Waals surface area (Å²) in [5, 5.41) is 21.2. The van der Waals surface area contributed by atoms with E-state index in [0.29, 0.717) is 17.9 Å². The SMILES string of the molecule is C=C(C)CC(c1cc(C)cc(C)c1O)c1cc(C)cc(C)c1O. The van der Waals surface area contributed by atoms with E-state index in [1.165, 1.54) is 0 Å². The Labute approximate surface area is 139 Å². The first kappa shape index (κ1) is 17.1. The van der Waals surface area contributed by atoms with Gasteiger partial charge in [-0.25, -0.2) is 0 Å². The first-order valence-electron chi connectivity index (χ1n) is 7.95. The molecule has 0 heterocycles. The molecule has 0 saturated heterocycles. The average molecular weight is 310 g/mol. The molecule has 0 unspecified atom stereocenters. The van der Waals surface area contributed by atoms with Crippen molar-refractivity contribution >= 4 is 0 Å². The molecule has 0 fully saturated rings. The van der Waals surface area contributed by atoms with Gasteiger partial charge in [-0.15, -0.1) is 6.58 Å². The molecule has 2 heteroatoms. The average Bonchev–Trinajstić information content (AvgIpc) is 2.44. The fourth-order valence-electron chi connectivity index (χ4n) is 3.25. The van der Waals surface area contributed by atoms with Crippen molar-refractivity contribution < 1.29 is 10.2 Å². The Bertz CT molecular complexity index is 699. The van der Waals surface area contributed by atoms with Crippen LogP contribution in [0.4, 0.5) is 0 Å². The Morgan fingerprint density at radius 2 is 1.26 bits per heavy atom. The van der Waals surface area contributed by atoms with E-state index in [1.807, 2.05) is 58.9 Å². The lowest BCUT2D eigenvalue weighted by Crippen LogP contribution is -2.05. The van der Waals surface area contributed by atoms with Gasteiger partial charge in [0.05, 0.1) is 0 Å². The maximum Gasteiger partial charge on any atom is 0.122 e. The highest BCUT2D eigenvalue weighted by atomic mass is 16.3. The van der Waals surface area contributed by atoms with Gasteiger partial charge >= 0.3 is 0 Å². The topological polar surface area (TPSA) is 40.5 Å². The van der Waals surface area contributed by atoms with Crippen molar-refractivity contribution in [2.45, 2.75) is 47.0 Å². The van der Waals surface area contributed by atoms with Gasteiger partial charge in [0.25, 0.3) is 0 Å². The number of phenols is 2. The number of hydrogen-bond donors (Lipinski definition) is 2. The summed E-state index contributed by atoms with van der Waals surface area (Å²) in [7, 11) is 0. The molecule has 2 aromatic carbocycles. The first-order valence-corrected chi connectivity index (χ1v) is 7.95. The lowest BCUT2D eigenvalue weighted by Gasteiger charge is -2.23. The second kappa shape index (κ2) is 6.49. The molecule has 0 aliphatic rings. The highest BCUT2D eigenvalue weighted by Gasteiger charge is 2.23. The van der Waals surface area contributed by atoms with Crippen molar-refractivity contribution in [3.05, 3.63) is 69.8 Å². The van der Waals surface area contributed by atoms with Crippen molar-refractivity contribution in [1.29, 1.82) is 0 Å². The normalized spacial score (nSPS) is 11.0. The van der Waals surface area contributed by atoms with Gasteiger partial charge in [-0.1, -0.05) is 41.0 Å². The van der Waals surface area contributed by atoms with Crippen LogP contribution in [0.15, 0.2) is 36.4 Å². The number of hydrogen-bond acceptors (Lipinski definition) is 2. The van der Waals surface area contributed by atoms with Crippen LogP contribution in [0.3, 0.4) is 0 Å². The molecule has 0 bridgehead atoms. The van der Waals surface area contributed by atoms with Gasteiger partial charge in [-0.3, -0.25) is 0 Å². The minimum atomic E-state index is -0.107. The maximum atomic E-state index is 10.6. The van der Waals surface area contributed by atoms with E-state index in [0.717, 1.165) is 39.0 Å². The van der Waals surface area contributed by atoms with Crippen molar-refractivity contribution in [2.75, 3.05) is 0 Å². The van der Waals surface area contributed by atoms with Crippen molar-refractivity contribution in [3.8, 4) is 11.5 Å². The van der Waals surface area contributed by atoms with Crippen molar-refractivity contribution in [1.82, 2.24) is 0 Å². The molecule has 0 aromatic heterocycles. The third-order valence-corrected chi connectivity index (χ3v) is 4.25. The van der Waals surface area contributed by atoms with Gasteiger partial charge in [0.15, 0.2) is 0 Å². The highest BCUT2D eigenvalue weighted by Crippen LogP contribution is 2.42. The Morgan fingerprint density at radius 3 is 1.61 bits per heavy atom. The summed E-state index contributed by atoms with van der Waals surface area (Å²) in [6.07, 6.45) is 0.687. The summed E-state index contributed by atoms with van der Waals surface area (Å²) in [5.41, 5.74) is 6.65. The van der Waals surface area contributed by atoms with Crippen LogP contribution in [0.1, 0.15) is 52.6 Å². The highest BCUT2D eigenvalue weighted by molar-refractivity contribution is 5.53. The second-order valence-corrected chi connectivity index (χ2v) is 6.75. The van der Waals surface area contributed by atoms with Crippen LogP contribution in [0, 0.1) is 27.7 Å². The molecule has 2 aromatic rings. The summed E-state index contributed by atoms with van der Waals surface area (Å²) in [5.74, 6) is 0.505. The van der Waals surface area contributed by atoms with Gasteiger partial charge in [-0.2, -0.15) is 0 Å². The van der Waals surface area contributed by atoms with E-state index in [4.69, 9.17) is 0 Å². The van der Waals surface area contributed by atoms with Crippen molar-refractivity contribution in [2.24, 2.45) is 0 Å². The molecule has 2 N–H and O–H groups in total. The van der Waals surface area contributed by atoms with Crippen LogP contribution < -0.4 is 0 Å². The molecule has 2 rings (SSSR count). The van der Waals surface area contributed by atoms with Gasteiger partial charge in [0.2, 0.25) is 0 Å². The largest absolute Gasteiger partial charge is 0.507 e. The summed E-state index contributed by atoms with van der Waals surface area (Å²) >= 11 is 0. The molecule has 0 aliphatic heterocycles. The number of aromatic hydroxyl groups is 2. The third-order valence-electron chi connectivity index (χ3n) is 4.25. The smallest absolute Gasteiger partial charge is 0.122 e. The van der Waals surface area contributed by atoms with E-state index in [1.54, 1.807) is 0 Å². The summed E-state index contributed by atoms with van der Waals surface area (Å²) < 4.78 is 0. The summed E-state index contributed by atoms with van der Waals surface area (Å²) in [6.45, 7) is 13.9. The number of aryl methyl sites for hydroxylation is 4. The van der Waals surface area contributed by atoms with E-state index in [9.17, 15) is 10.2 Å². The standard InChI is InChI=1S/C21H26O2/c1-12(2)7-17(18-10-13(3)8-15(5)20(18)22)19-11-14(4)9-16(6)21(19)23/h8-11,17,22-23H,1,7H2,2-6H3. The Kier molecular flexibility index (Phi) is 4.84. The third kappa shape index (κ3) is 3.58. The van der Waals surface area contributed by atoms with Crippen LogP contribution in [0.2, 0.25) is 0 Å². The Hall–Kier alpha value is -2.22. The molecule has 0 spiro atoms. The molecule has 23 heavy (non-hydrogen) atoms. The molecule has 2 nitrogen and oxygen atoms in total. The molecule has 0 atom stereocenters. The van der Waals surface area contributed by atoms with E-state index >= 15 is 0 Å². The van der Waals surface area contributed by atoms with Crippen LogP contribution in [-0.4, -0.2) is 10.2 Å². The zero-order valence-corrected chi connectivity index (χ0v) is 14.7. The van der Waals surface area contributed by atoms with E-state index in [2.05, 4.69) is 6.58 Å². The fourth-order valence-corrected chi connectivity index (χ4v) is 3.25. The van der Waals surface area contributed by atoms with Crippen LogP contribution in [0.25, 0.3) is 0 Å². The summed E-state index contributed by atoms with van der Waals surface area (Å²) in [4.78, 5) is 0. The molecule has 122 valence electrons. The van der Waals surface area contributed by atoms with Gasteiger partial charge in [0, 0.05) is 17.0 Å². The van der Waals surface area contributed by atoms with Crippen molar-refractivity contribution in [3.63, 3.8) is 0 Å². The van der Waals surface area contributed by atoms with E-state index in [-0.39, 0.29) is 5.92 Å². The molecular weight excluding hydrogens is 284 g/mol. The molecule has 0 radical (unpaired) electrons. The zero-order chi connectivity index (χ0) is 17.3. The van der Waals surface area contributed by atoms with Gasteiger partial charge in [0.1, 0.15) is 11.5 Å². The minimum Gasteiger partial charge on any atom is -0.507 e. The lowest BCUT2D eigenvalue weighted by atomic mass is 9.82. The van der Waals surface area contributed by atoms with Gasteiger partial charge < -0.3 is 10.2 Å². The molecule has 0 saturated carbocycles. The Balaban J connectivity index is 2.71. The quantitative estimate of drug-likeness (QED) is 0.739. The van der Waals surface area contributed by atoms with Gasteiger partial charge in [-0.05, 0) is 52.2 Å². The zero-order valence-electron chi connectivity index (χ0n) is 14.7. The van der Waals surface area contributed by atoms with Crippen LogP contribution in [-0.2, 0) is 0 Å². The number of benzene rings is 2. The van der Waals surface area contributed by atoms with Crippen LogP contribution >= 0.6 is 0 Å². The lowest BCUT2D eigenvalue weighted by molar-refractivity contribution is 0.449. The number of phenolic OH excluding ortho intramolecular Hbond substituents is 2. The van der Waals surface area contributed by atoms with Crippen LogP contribution in [0.5, 0.6) is 11.5 Å². The molecule has 0 amide bonds. The van der Waals surface area contributed by atoms with E-state index < -0.39 is 0 Å². The maximum absolute atomic E-state index is 10.6.